The van der Waals surface area contributed by atoms with Crippen LogP contribution in [-0.4, -0.2) is 19.4 Å². The Morgan fingerprint density at radius 2 is 1.44 bits per heavy atom. The zero-order chi connectivity index (χ0) is 17.1. The Morgan fingerprint density at radius 3 is 2.04 bits per heavy atom. The van der Waals surface area contributed by atoms with Crippen molar-refractivity contribution in [2.24, 2.45) is 0 Å². The van der Waals surface area contributed by atoms with E-state index in [2.05, 4.69) is 53.4 Å². The molecule has 0 atom stereocenters. The molecule has 3 aromatic carbocycles. The number of nitrogens with zero attached hydrogens (tertiary/aromatic N) is 1. The minimum absolute atomic E-state index is 0.573. The quantitative estimate of drug-likeness (QED) is 0.640. The van der Waals surface area contributed by atoms with Gasteiger partial charge in [0.1, 0.15) is 18.6 Å². The van der Waals surface area contributed by atoms with E-state index in [0.717, 1.165) is 25.0 Å². The van der Waals surface area contributed by atoms with Gasteiger partial charge in [-0.05, 0) is 47.5 Å². The van der Waals surface area contributed by atoms with Gasteiger partial charge in [0, 0.05) is 23.4 Å². The van der Waals surface area contributed by atoms with Gasteiger partial charge in [0.15, 0.2) is 0 Å². The molecule has 0 unspecified atom stereocenters. The summed E-state index contributed by atoms with van der Waals surface area (Å²) in [4.78, 5) is 13.1. The minimum Gasteiger partial charge on any atom is -0.492 e. The van der Waals surface area contributed by atoms with Crippen LogP contribution in [0, 0.1) is 0 Å². The first-order valence-corrected chi connectivity index (χ1v) is 8.46. The summed E-state index contributed by atoms with van der Waals surface area (Å²) in [6, 6.07) is 24.3. The molecule has 3 aromatic rings. The topological polar surface area (TPSA) is 29.5 Å². The average Bonchev–Trinajstić information content (AvgIpc) is 2.68. The van der Waals surface area contributed by atoms with Crippen LogP contribution in [0.2, 0.25) is 0 Å². The predicted octanol–water partition coefficient (Wildman–Crippen LogP) is 4.62. The van der Waals surface area contributed by atoms with Gasteiger partial charge in [0.2, 0.25) is 0 Å². The summed E-state index contributed by atoms with van der Waals surface area (Å²) in [5, 5.41) is 0. The van der Waals surface area contributed by atoms with E-state index in [9.17, 15) is 4.79 Å². The second-order valence-electron chi connectivity index (χ2n) is 6.12. The number of fused-ring (bicyclic) bond motifs is 2. The Hall–Kier alpha value is -3.07. The number of carbonyl (C=O) groups is 1. The third kappa shape index (κ3) is 3.13. The third-order valence-corrected chi connectivity index (χ3v) is 4.55. The lowest BCUT2D eigenvalue weighted by atomic mass is 9.96. The number of rotatable bonds is 5. The van der Waals surface area contributed by atoms with Gasteiger partial charge in [0.05, 0.1) is 6.54 Å². The van der Waals surface area contributed by atoms with Gasteiger partial charge < -0.3 is 9.64 Å². The summed E-state index contributed by atoms with van der Waals surface area (Å²) in [5.74, 6) is 0.782. The smallest absolute Gasteiger partial charge is 0.150 e. The van der Waals surface area contributed by atoms with Gasteiger partial charge >= 0.3 is 0 Å². The highest BCUT2D eigenvalue weighted by atomic mass is 16.5. The molecular weight excluding hydrogens is 310 g/mol. The number of anilines is 2. The summed E-state index contributed by atoms with van der Waals surface area (Å²) in [6.07, 6.45) is 1.81. The van der Waals surface area contributed by atoms with Crippen molar-refractivity contribution in [2.45, 2.75) is 6.42 Å². The predicted molar refractivity (Wildman–Crippen MR) is 100 cm³/mol. The molecule has 0 aromatic heterocycles. The van der Waals surface area contributed by atoms with Crippen molar-refractivity contribution in [3.63, 3.8) is 0 Å². The Kier molecular flexibility index (Phi) is 4.21. The van der Waals surface area contributed by atoms with Gasteiger partial charge in [-0.25, -0.2) is 0 Å². The molecule has 0 amide bonds. The number of hydrogen-bond donors (Lipinski definition) is 0. The molecule has 0 spiro atoms. The normalized spacial score (nSPS) is 12.2. The fraction of sp³-hybridized carbons (Fsp3) is 0.136. The van der Waals surface area contributed by atoms with E-state index in [4.69, 9.17) is 4.74 Å². The molecule has 0 N–H and O–H groups in total. The van der Waals surface area contributed by atoms with Crippen molar-refractivity contribution >= 4 is 17.7 Å². The summed E-state index contributed by atoms with van der Waals surface area (Å²) in [6.45, 7) is 1.34. The van der Waals surface area contributed by atoms with Gasteiger partial charge in [-0.15, -0.1) is 0 Å². The molecular formula is C22H19NO2. The van der Waals surface area contributed by atoms with E-state index in [1.807, 2.05) is 12.1 Å². The number of carbonyl (C=O) groups excluding carboxylic acids is 1. The Balaban J connectivity index is 1.52. The van der Waals surface area contributed by atoms with Crippen molar-refractivity contribution in [3.05, 3.63) is 89.5 Å². The summed E-state index contributed by atoms with van der Waals surface area (Å²) >= 11 is 0. The van der Waals surface area contributed by atoms with E-state index in [0.29, 0.717) is 12.2 Å². The van der Waals surface area contributed by atoms with E-state index < -0.39 is 0 Å². The van der Waals surface area contributed by atoms with Crippen LogP contribution in [0.4, 0.5) is 11.4 Å². The zero-order valence-corrected chi connectivity index (χ0v) is 13.9. The van der Waals surface area contributed by atoms with E-state index >= 15 is 0 Å². The maximum absolute atomic E-state index is 10.7. The van der Waals surface area contributed by atoms with E-state index in [1.165, 1.54) is 22.5 Å². The lowest BCUT2D eigenvalue weighted by Crippen LogP contribution is -2.28. The van der Waals surface area contributed by atoms with E-state index in [-0.39, 0.29) is 0 Å². The molecule has 4 rings (SSSR count). The van der Waals surface area contributed by atoms with Crippen molar-refractivity contribution < 1.29 is 9.53 Å². The van der Waals surface area contributed by atoms with E-state index in [1.54, 1.807) is 12.1 Å². The van der Waals surface area contributed by atoms with Gasteiger partial charge in [-0.1, -0.05) is 36.4 Å². The van der Waals surface area contributed by atoms with Crippen LogP contribution in [0.15, 0.2) is 72.8 Å². The Labute approximate surface area is 147 Å². The fourth-order valence-corrected chi connectivity index (χ4v) is 3.32. The zero-order valence-electron chi connectivity index (χ0n) is 13.9. The summed E-state index contributed by atoms with van der Waals surface area (Å²) in [7, 11) is 0. The van der Waals surface area contributed by atoms with Crippen LogP contribution in [0.1, 0.15) is 21.5 Å². The highest BCUT2D eigenvalue weighted by Gasteiger charge is 2.21. The summed E-state index contributed by atoms with van der Waals surface area (Å²) < 4.78 is 5.88. The molecule has 1 aliphatic rings. The molecule has 0 bridgehead atoms. The Bertz CT molecular complexity index is 841. The van der Waals surface area contributed by atoms with Crippen molar-refractivity contribution in [1.82, 2.24) is 0 Å². The number of ether oxygens (including phenoxy) is 1. The lowest BCUT2D eigenvalue weighted by Gasteiger charge is -2.33. The number of aldehydes is 1. The molecule has 0 radical (unpaired) electrons. The molecule has 1 aliphatic heterocycles. The molecule has 3 nitrogen and oxygen atoms in total. The lowest BCUT2D eigenvalue weighted by molar-refractivity contribution is 0.112. The summed E-state index contributed by atoms with van der Waals surface area (Å²) in [5.41, 5.74) is 5.85. The molecule has 124 valence electrons. The highest BCUT2D eigenvalue weighted by molar-refractivity contribution is 5.75. The molecule has 3 heteroatoms. The highest BCUT2D eigenvalue weighted by Crippen LogP contribution is 2.37. The number of para-hydroxylation sites is 2. The molecule has 0 fully saturated rings. The Morgan fingerprint density at radius 1 is 0.840 bits per heavy atom. The molecule has 1 heterocycles. The van der Waals surface area contributed by atoms with Crippen LogP contribution in [0.25, 0.3) is 0 Å². The molecule has 25 heavy (non-hydrogen) atoms. The maximum atomic E-state index is 10.7. The first-order valence-electron chi connectivity index (χ1n) is 8.46. The van der Waals surface area contributed by atoms with Crippen LogP contribution < -0.4 is 9.64 Å². The maximum Gasteiger partial charge on any atom is 0.150 e. The largest absolute Gasteiger partial charge is 0.492 e. The van der Waals surface area contributed by atoms with Gasteiger partial charge in [0.25, 0.3) is 0 Å². The first-order chi connectivity index (χ1) is 12.3. The fourth-order valence-electron chi connectivity index (χ4n) is 3.32. The second-order valence-corrected chi connectivity index (χ2v) is 6.12. The van der Waals surface area contributed by atoms with Crippen molar-refractivity contribution in [1.29, 1.82) is 0 Å². The second kappa shape index (κ2) is 6.81. The van der Waals surface area contributed by atoms with Crippen LogP contribution in [-0.2, 0) is 6.42 Å². The van der Waals surface area contributed by atoms with Gasteiger partial charge in [-0.2, -0.15) is 0 Å². The average molecular weight is 329 g/mol. The molecule has 0 aliphatic carbocycles. The van der Waals surface area contributed by atoms with Crippen LogP contribution >= 0.6 is 0 Å². The number of benzene rings is 3. The number of hydrogen-bond acceptors (Lipinski definition) is 3. The van der Waals surface area contributed by atoms with Crippen molar-refractivity contribution in [2.75, 3.05) is 18.1 Å². The van der Waals surface area contributed by atoms with Crippen molar-refractivity contribution in [3.8, 4) is 5.75 Å². The molecule has 0 saturated carbocycles. The minimum atomic E-state index is 0.573. The van der Waals surface area contributed by atoms with Crippen LogP contribution in [0.5, 0.6) is 5.75 Å². The molecule has 0 saturated heterocycles. The third-order valence-electron chi connectivity index (χ3n) is 4.55. The standard InChI is InChI=1S/C22H19NO2/c24-16-17-9-11-20(12-10-17)25-14-13-23-21-7-3-1-5-18(21)15-19-6-2-4-8-22(19)23/h1-12,16H,13-15H2. The van der Waals surface area contributed by atoms with Crippen LogP contribution in [0.3, 0.4) is 0 Å². The SMILES string of the molecule is O=Cc1ccc(OCCN2c3ccccc3Cc3ccccc32)cc1. The van der Waals surface area contributed by atoms with Gasteiger partial charge in [-0.3, -0.25) is 4.79 Å². The monoisotopic (exact) mass is 329 g/mol. The first kappa shape index (κ1) is 15.5.